The third-order valence-corrected chi connectivity index (χ3v) is 8.36. The zero-order valence-corrected chi connectivity index (χ0v) is 21.5. The summed E-state index contributed by atoms with van der Waals surface area (Å²) in [6.45, 7) is 10.1. The highest BCUT2D eigenvalue weighted by atomic mass is 19.4. The number of alkyl halides is 4. The van der Waals surface area contributed by atoms with Crippen LogP contribution in [0.25, 0.3) is 0 Å². The van der Waals surface area contributed by atoms with E-state index in [2.05, 4.69) is 46.9 Å². The molecule has 4 rings (SSSR count). The zero-order valence-electron chi connectivity index (χ0n) is 21.5. The van der Waals surface area contributed by atoms with Gasteiger partial charge in [-0.25, -0.2) is 4.39 Å². The lowest BCUT2D eigenvalue weighted by molar-refractivity contribution is -0.185. The van der Waals surface area contributed by atoms with Crippen molar-refractivity contribution >= 4 is 0 Å². The molecule has 0 bridgehead atoms. The maximum absolute atomic E-state index is 16.0. The number of hydrogen-bond acceptors (Lipinski definition) is 6. The third-order valence-electron chi connectivity index (χ3n) is 8.36. The van der Waals surface area contributed by atoms with Crippen molar-refractivity contribution in [1.82, 2.24) is 26.2 Å². The fourth-order valence-electron chi connectivity index (χ4n) is 6.66. The van der Waals surface area contributed by atoms with E-state index in [0.717, 1.165) is 38.9 Å². The predicted molar refractivity (Wildman–Crippen MR) is 128 cm³/mol. The van der Waals surface area contributed by atoms with Crippen LogP contribution < -0.4 is 21.3 Å². The van der Waals surface area contributed by atoms with Crippen molar-refractivity contribution in [2.24, 2.45) is 17.3 Å². The summed E-state index contributed by atoms with van der Waals surface area (Å²) in [6, 6.07) is 0.152. The van der Waals surface area contributed by atoms with Crippen LogP contribution >= 0.6 is 0 Å². The van der Waals surface area contributed by atoms with Crippen LogP contribution in [0.5, 0.6) is 0 Å². The van der Waals surface area contributed by atoms with E-state index in [0.29, 0.717) is 26.1 Å². The van der Waals surface area contributed by atoms with Crippen LogP contribution in [0, 0.1) is 17.3 Å². The van der Waals surface area contributed by atoms with E-state index in [-0.39, 0.29) is 42.4 Å². The average Bonchev–Trinajstić information content (AvgIpc) is 3.29. The molecule has 4 aliphatic rings. The molecule has 204 valence electrons. The third kappa shape index (κ3) is 7.08. The molecule has 0 aromatic rings. The fraction of sp³-hybridized carbons (Fsp3) is 1.00. The van der Waals surface area contributed by atoms with E-state index in [1.807, 2.05) is 0 Å². The molecule has 3 heterocycles. The van der Waals surface area contributed by atoms with Crippen LogP contribution in [0.15, 0.2) is 0 Å². The molecule has 5 unspecified atom stereocenters. The van der Waals surface area contributed by atoms with E-state index in [4.69, 9.17) is 4.74 Å². The first-order chi connectivity index (χ1) is 16.5. The highest BCUT2D eigenvalue weighted by Crippen LogP contribution is 2.43. The SMILES string of the molecule is CC(C)(C)C[C@@H](NC1NCNC(N2CCCC2C2CCC(C(F)(F)F)CC2)C1F)C1CNCCO1. The number of ether oxygens (including phenoxy) is 1. The standard InChI is InChI=1S/C25H45F4N5O/c1-24(2,3)13-18(20-14-30-10-12-35-20)33-22-21(26)23(32-15-31-22)34-11-4-5-19(34)16-6-8-17(9-7-16)25(27,28)29/h16-23,30-33H,4-15H2,1-3H3/t16?,17?,18-,19?,20?,21?,22?,23?/m1/s1. The lowest BCUT2D eigenvalue weighted by Crippen LogP contribution is -2.71. The predicted octanol–water partition coefficient (Wildman–Crippen LogP) is 3.34. The van der Waals surface area contributed by atoms with Gasteiger partial charge in [0.05, 0.1) is 31.0 Å². The highest BCUT2D eigenvalue weighted by molar-refractivity contribution is 4.99. The van der Waals surface area contributed by atoms with Gasteiger partial charge in [0.2, 0.25) is 0 Å². The molecule has 6 nitrogen and oxygen atoms in total. The second kappa shape index (κ2) is 11.5. The Morgan fingerprint density at radius 1 is 1.06 bits per heavy atom. The Morgan fingerprint density at radius 3 is 2.43 bits per heavy atom. The highest BCUT2D eigenvalue weighted by Gasteiger charge is 2.47. The quantitative estimate of drug-likeness (QED) is 0.414. The van der Waals surface area contributed by atoms with Crippen molar-refractivity contribution in [3.63, 3.8) is 0 Å². The van der Waals surface area contributed by atoms with Gasteiger partial charge in [0.1, 0.15) is 0 Å². The van der Waals surface area contributed by atoms with E-state index < -0.39 is 30.6 Å². The molecule has 3 aliphatic heterocycles. The van der Waals surface area contributed by atoms with Gasteiger partial charge in [-0.15, -0.1) is 0 Å². The summed E-state index contributed by atoms with van der Waals surface area (Å²) in [5.41, 5.74) is 0.0614. The van der Waals surface area contributed by atoms with Crippen LogP contribution in [-0.2, 0) is 4.74 Å². The second-order valence-corrected chi connectivity index (χ2v) is 12.2. The Kier molecular flexibility index (Phi) is 9.02. The number of likely N-dealkylation sites (tertiary alicyclic amines) is 1. The van der Waals surface area contributed by atoms with E-state index in [1.54, 1.807) is 0 Å². The molecule has 1 aliphatic carbocycles. The van der Waals surface area contributed by atoms with Crippen molar-refractivity contribution in [1.29, 1.82) is 0 Å². The Balaban J connectivity index is 1.39. The van der Waals surface area contributed by atoms with Gasteiger partial charge in [-0.3, -0.25) is 20.9 Å². The van der Waals surface area contributed by atoms with Crippen molar-refractivity contribution in [3.8, 4) is 0 Å². The lowest BCUT2D eigenvalue weighted by Gasteiger charge is -2.46. The summed E-state index contributed by atoms with van der Waals surface area (Å²) in [5, 5.41) is 13.5. The maximum Gasteiger partial charge on any atom is 0.391 e. The van der Waals surface area contributed by atoms with Gasteiger partial charge >= 0.3 is 6.18 Å². The fourth-order valence-corrected chi connectivity index (χ4v) is 6.66. The van der Waals surface area contributed by atoms with Gasteiger partial charge in [0.25, 0.3) is 0 Å². The zero-order chi connectivity index (χ0) is 25.2. The summed E-state index contributed by atoms with van der Waals surface area (Å²) in [5.74, 6) is -0.967. The Labute approximate surface area is 207 Å². The van der Waals surface area contributed by atoms with Crippen LogP contribution in [-0.4, -0.2) is 80.7 Å². The summed E-state index contributed by atoms with van der Waals surface area (Å²) in [7, 11) is 0. The van der Waals surface area contributed by atoms with Crippen LogP contribution in [0.3, 0.4) is 0 Å². The topological polar surface area (TPSA) is 60.6 Å². The van der Waals surface area contributed by atoms with Crippen molar-refractivity contribution in [3.05, 3.63) is 0 Å². The first-order valence-corrected chi connectivity index (χ1v) is 13.5. The Hall–Kier alpha value is -0.520. The van der Waals surface area contributed by atoms with E-state index >= 15 is 4.39 Å². The van der Waals surface area contributed by atoms with Crippen molar-refractivity contribution in [2.75, 3.05) is 32.9 Å². The molecule has 4 fully saturated rings. The summed E-state index contributed by atoms with van der Waals surface area (Å²) < 4.78 is 61.5. The second-order valence-electron chi connectivity index (χ2n) is 12.2. The van der Waals surface area contributed by atoms with Gasteiger partial charge in [-0.2, -0.15) is 13.2 Å². The summed E-state index contributed by atoms with van der Waals surface area (Å²) in [6.07, 6.45) is -1.94. The van der Waals surface area contributed by atoms with Gasteiger partial charge in [0, 0.05) is 38.4 Å². The molecule has 0 aromatic heterocycles. The molecule has 0 spiro atoms. The molecule has 35 heavy (non-hydrogen) atoms. The van der Waals surface area contributed by atoms with Crippen LogP contribution in [0.1, 0.15) is 65.7 Å². The summed E-state index contributed by atoms with van der Waals surface area (Å²) in [4.78, 5) is 2.22. The minimum absolute atomic E-state index is 0.00400. The van der Waals surface area contributed by atoms with Crippen LogP contribution in [0.4, 0.5) is 17.6 Å². The minimum Gasteiger partial charge on any atom is -0.374 e. The first-order valence-electron chi connectivity index (χ1n) is 13.5. The maximum atomic E-state index is 16.0. The molecule has 0 amide bonds. The van der Waals surface area contributed by atoms with E-state index in [1.165, 1.54) is 0 Å². The molecule has 0 aromatic carbocycles. The smallest absolute Gasteiger partial charge is 0.374 e. The van der Waals surface area contributed by atoms with Crippen molar-refractivity contribution in [2.45, 2.75) is 109 Å². The Bertz CT molecular complexity index is 661. The van der Waals surface area contributed by atoms with E-state index in [9.17, 15) is 13.2 Å². The summed E-state index contributed by atoms with van der Waals surface area (Å²) >= 11 is 0. The van der Waals surface area contributed by atoms with Gasteiger partial charge in [0.15, 0.2) is 6.17 Å². The average molecular weight is 508 g/mol. The number of nitrogens with one attached hydrogen (secondary N) is 4. The monoisotopic (exact) mass is 507 g/mol. The molecule has 1 saturated carbocycles. The molecule has 6 atom stereocenters. The molecule has 0 radical (unpaired) electrons. The number of nitrogens with zero attached hydrogens (tertiary/aromatic N) is 1. The molecular weight excluding hydrogens is 462 g/mol. The number of halogens is 4. The van der Waals surface area contributed by atoms with Gasteiger partial charge < -0.3 is 10.1 Å². The normalized spacial score (nSPS) is 39.0. The molecule has 3 saturated heterocycles. The van der Waals surface area contributed by atoms with Crippen molar-refractivity contribution < 1.29 is 22.3 Å². The lowest BCUT2D eigenvalue weighted by atomic mass is 9.77. The Morgan fingerprint density at radius 2 is 1.80 bits per heavy atom. The first kappa shape index (κ1) is 27.5. The molecule has 4 N–H and O–H groups in total. The molecular formula is C25H45F4N5O. The minimum atomic E-state index is -4.10. The molecule has 10 heteroatoms. The van der Waals surface area contributed by atoms with Gasteiger partial charge in [-0.1, -0.05) is 20.8 Å². The number of rotatable bonds is 6. The van der Waals surface area contributed by atoms with Gasteiger partial charge in [-0.05, 0) is 56.3 Å². The van der Waals surface area contributed by atoms with Crippen LogP contribution in [0.2, 0.25) is 0 Å². The number of morpholine rings is 1. The largest absolute Gasteiger partial charge is 0.391 e. The number of hydrogen-bond donors (Lipinski definition) is 4.